The Morgan fingerprint density at radius 2 is 2.12 bits per heavy atom. The van der Waals surface area contributed by atoms with Crippen LogP contribution in [-0.2, 0) is 14.3 Å². The minimum absolute atomic E-state index is 0.0496. The van der Waals surface area contributed by atoms with Crippen LogP contribution < -0.4 is 4.90 Å². The van der Waals surface area contributed by atoms with Crippen LogP contribution in [0.4, 0.5) is 5.69 Å². The van der Waals surface area contributed by atoms with E-state index in [-0.39, 0.29) is 17.1 Å². The van der Waals surface area contributed by atoms with Crippen LogP contribution in [0.2, 0.25) is 5.02 Å². The van der Waals surface area contributed by atoms with Crippen molar-refractivity contribution in [3.63, 3.8) is 0 Å². The highest BCUT2D eigenvalue weighted by Crippen LogP contribution is 2.34. The first-order chi connectivity index (χ1) is 15.5. The summed E-state index contributed by atoms with van der Waals surface area (Å²) in [7, 11) is 0. The molecule has 3 heterocycles. The van der Waals surface area contributed by atoms with Crippen LogP contribution in [0.15, 0.2) is 46.4 Å². The van der Waals surface area contributed by atoms with Crippen LogP contribution >= 0.6 is 34.7 Å². The van der Waals surface area contributed by atoms with Crippen LogP contribution in [-0.4, -0.2) is 53.4 Å². The number of aryl methyl sites for hydroxylation is 1. The molecule has 4 rings (SSSR count). The summed E-state index contributed by atoms with van der Waals surface area (Å²) in [5, 5.41) is 2.68. The van der Waals surface area contributed by atoms with Crippen molar-refractivity contribution in [3.05, 3.63) is 56.9 Å². The summed E-state index contributed by atoms with van der Waals surface area (Å²) in [6.07, 6.45) is 2.41. The van der Waals surface area contributed by atoms with Crippen LogP contribution in [0.1, 0.15) is 23.8 Å². The van der Waals surface area contributed by atoms with Gasteiger partial charge in [-0.1, -0.05) is 42.4 Å². The maximum Gasteiger partial charge on any atom is 0.283 e. The van der Waals surface area contributed by atoms with E-state index in [0.29, 0.717) is 54.3 Å². The van der Waals surface area contributed by atoms with E-state index in [0.717, 1.165) is 10.4 Å². The zero-order valence-corrected chi connectivity index (χ0v) is 20.3. The number of benzene rings is 1. The van der Waals surface area contributed by atoms with Crippen LogP contribution in [0.25, 0.3) is 6.08 Å². The summed E-state index contributed by atoms with van der Waals surface area (Å²) >= 11 is 9.22. The highest BCUT2D eigenvalue weighted by Gasteiger charge is 2.36. The van der Waals surface area contributed by atoms with Gasteiger partial charge in [-0.15, -0.1) is 11.3 Å². The third-order valence-electron chi connectivity index (χ3n) is 5.28. The fraction of sp³-hybridized carbons (Fsp3) is 0.348. The van der Waals surface area contributed by atoms with Crippen molar-refractivity contribution in [2.45, 2.75) is 25.5 Å². The maximum atomic E-state index is 13.4. The van der Waals surface area contributed by atoms with Crippen molar-refractivity contribution in [2.24, 2.45) is 4.99 Å². The average Bonchev–Trinajstić information content (AvgIpc) is 3.42. The Labute approximate surface area is 200 Å². The van der Waals surface area contributed by atoms with Crippen molar-refractivity contribution in [2.75, 3.05) is 31.2 Å². The Balaban J connectivity index is 1.66. The molecule has 2 amide bonds. The first-order valence-electron chi connectivity index (χ1n) is 10.5. The second-order valence-corrected chi connectivity index (χ2v) is 10.0. The van der Waals surface area contributed by atoms with E-state index < -0.39 is 0 Å². The highest BCUT2D eigenvalue weighted by atomic mass is 35.5. The molecule has 9 heteroatoms. The van der Waals surface area contributed by atoms with Gasteiger partial charge in [0.25, 0.3) is 5.91 Å². The van der Waals surface area contributed by atoms with Gasteiger partial charge in [0, 0.05) is 23.0 Å². The second-order valence-electron chi connectivity index (χ2n) is 7.47. The Morgan fingerprint density at radius 3 is 2.78 bits per heavy atom. The molecule has 1 atom stereocenters. The van der Waals surface area contributed by atoms with E-state index >= 15 is 0 Å². The fourth-order valence-corrected chi connectivity index (χ4v) is 5.40. The molecule has 1 aromatic heterocycles. The first-order valence-corrected chi connectivity index (χ1v) is 12.6. The number of halogens is 1. The molecule has 0 saturated carbocycles. The van der Waals surface area contributed by atoms with Gasteiger partial charge >= 0.3 is 0 Å². The summed E-state index contributed by atoms with van der Waals surface area (Å²) in [6.45, 7) is 6.16. The Kier molecular flexibility index (Phi) is 7.35. The van der Waals surface area contributed by atoms with Crippen molar-refractivity contribution in [3.8, 4) is 0 Å². The van der Waals surface area contributed by atoms with Crippen molar-refractivity contribution in [1.82, 2.24) is 4.90 Å². The van der Waals surface area contributed by atoms with Crippen molar-refractivity contribution in [1.29, 1.82) is 0 Å². The van der Waals surface area contributed by atoms with Gasteiger partial charge in [-0.25, -0.2) is 4.99 Å². The normalized spacial score (nSPS) is 18.9. The molecule has 0 aliphatic carbocycles. The third-order valence-corrected chi connectivity index (χ3v) is 7.81. The number of hydrogen-bond acceptors (Lipinski definition) is 6. The van der Waals surface area contributed by atoms with E-state index in [1.54, 1.807) is 17.0 Å². The van der Waals surface area contributed by atoms with E-state index in [9.17, 15) is 9.59 Å². The number of thiophene rings is 1. The molecule has 2 aromatic rings. The zero-order chi connectivity index (χ0) is 22.7. The Bertz CT molecular complexity index is 1060. The lowest BCUT2D eigenvalue weighted by atomic mass is 10.2. The summed E-state index contributed by atoms with van der Waals surface area (Å²) in [5.41, 5.74) is 1.91. The SMILES string of the molecule is CC[C@@H](SC1=N/C(=C\c2cccs2)C(=O)N1c1ccc(C)c(Cl)c1)C(=O)N1CCOCC1. The van der Waals surface area contributed by atoms with Gasteiger partial charge in [0.15, 0.2) is 5.17 Å². The van der Waals surface area contributed by atoms with E-state index in [2.05, 4.69) is 4.99 Å². The number of amidine groups is 1. The van der Waals surface area contributed by atoms with Gasteiger partial charge in [0.2, 0.25) is 5.91 Å². The molecule has 0 N–H and O–H groups in total. The number of carbonyl (C=O) groups is 2. The molecule has 168 valence electrons. The smallest absolute Gasteiger partial charge is 0.283 e. The molecule has 2 aliphatic rings. The highest BCUT2D eigenvalue weighted by molar-refractivity contribution is 8.15. The summed E-state index contributed by atoms with van der Waals surface area (Å²) in [4.78, 5) is 35.5. The van der Waals surface area contributed by atoms with Gasteiger partial charge in [-0.05, 0) is 48.6 Å². The Morgan fingerprint density at radius 1 is 1.34 bits per heavy atom. The minimum atomic E-state index is -0.343. The summed E-state index contributed by atoms with van der Waals surface area (Å²) < 4.78 is 5.37. The number of rotatable bonds is 5. The maximum absolute atomic E-state index is 13.4. The topological polar surface area (TPSA) is 62.2 Å². The molecule has 2 aliphatic heterocycles. The quantitative estimate of drug-likeness (QED) is 0.565. The molecule has 1 fully saturated rings. The molecule has 0 bridgehead atoms. The second kappa shape index (κ2) is 10.2. The molecular formula is C23H24ClN3O3S2. The fourth-order valence-electron chi connectivity index (χ4n) is 3.46. The molecule has 0 unspecified atom stereocenters. The Hall–Kier alpha value is -2.13. The number of nitrogens with zero attached hydrogens (tertiary/aromatic N) is 3. The molecule has 0 spiro atoms. The largest absolute Gasteiger partial charge is 0.378 e. The van der Waals surface area contributed by atoms with Crippen LogP contribution in [0.5, 0.6) is 0 Å². The average molecular weight is 490 g/mol. The molecule has 0 radical (unpaired) electrons. The van der Waals surface area contributed by atoms with Gasteiger partial charge in [-0.2, -0.15) is 0 Å². The predicted octanol–water partition coefficient (Wildman–Crippen LogP) is 4.82. The van der Waals surface area contributed by atoms with Gasteiger partial charge in [0.05, 0.1) is 24.2 Å². The van der Waals surface area contributed by atoms with Gasteiger partial charge in [0.1, 0.15) is 5.70 Å². The molecule has 6 nitrogen and oxygen atoms in total. The lowest BCUT2D eigenvalue weighted by Gasteiger charge is -2.30. The van der Waals surface area contributed by atoms with Gasteiger partial charge in [-0.3, -0.25) is 14.5 Å². The monoisotopic (exact) mass is 489 g/mol. The lowest BCUT2D eigenvalue weighted by Crippen LogP contribution is -2.45. The lowest BCUT2D eigenvalue weighted by molar-refractivity contribution is -0.134. The zero-order valence-electron chi connectivity index (χ0n) is 17.9. The van der Waals surface area contributed by atoms with Crippen molar-refractivity contribution >= 4 is 63.4 Å². The molecule has 32 heavy (non-hydrogen) atoms. The first kappa shape index (κ1) is 23.0. The number of aliphatic imine (C=N–C) groups is 1. The predicted molar refractivity (Wildman–Crippen MR) is 132 cm³/mol. The van der Waals surface area contributed by atoms with E-state index in [1.807, 2.05) is 48.4 Å². The van der Waals surface area contributed by atoms with Crippen LogP contribution in [0.3, 0.4) is 0 Å². The summed E-state index contributed by atoms with van der Waals surface area (Å²) in [6, 6.07) is 9.37. The molecular weight excluding hydrogens is 466 g/mol. The third kappa shape index (κ3) is 4.93. The summed E-state index contributed by atoms with van der Waals surface area (Å²) in [5.74, 6) is -0.178. The number of ether oxygens (including phenoxy) is 1. The number of amides is 2. The number of thioether (sulfide) groups is 1. The number of morpholine rings is 1. The number of carbonyl (C=O) groups excluding carboxylic acids is 2. The van der Waals surface area contributed by atoms with E-state index in [4.69, 9.17) is 16.3 Å². The number of anilines is 1. The number of hydrogen-bond donors (Lipinski definition) is 0. The van der Waals surface area contributed by atoms with E-state index in [1.165, 1.54) is 23.1 Å². The minimum Gasteiger partial charge on any atom is -0.378 e. The van der Waals surface area contributed by atoms with Gasteiger partial charge < -0.3 is 9.64 Å². The molecule has 1 aromatic carbocycles. The molecule has 1 saturated heterocycles. The standard InChI is InChI=1S/C23H24ClN3O3S2/c1-3-20(22(29)26-8-10-30-11-9-26)32-23-25-19(14-17-5-4-12-31-17)21(28)27(23)16-7-6-15(2)18(24)13-16/h4-7,12-14,20H,3,8-11H2,1-2H3/b19-14-/t20-/m1/s1. The van der Waals surface area contributed by atoms with Crippen molar-refractivity contribution < 1.29 is 14.3 Å². The van der Waals surface area contributed by atoms with Crippen LogP contribution in [0, 0.1) is 6.92 Å².